The van der Waals surface area contributed by atoms with Crippen LogP contribution >= 0.6 is 0 Å². The largest absolute Gasteiger partial charge is 0.497 e. The summed E-state index contributed by atoms with van der Waals surface area (Å²) in [5.41, 5.74) is 1.82. The van der Waals surface area contributed by atoms with E-state index in [1.807, 2.05) is 30.3 Å². The van der Waals surface area contributed by atoms with E-state index in [4.69, 9.17) is 4.74 Å². The highest BCUT2D eigenvalue weighted by molar-refractivity contribution is 5.94. The van der Waals surface area contributed by atoms with Gasteiger partial charge in [-0.1, -0.05) is 30.3 Å². The number of nitrogens with zero attached hydrogens (tertiary/aromatic N) is 2. The van der Waals surface area contributed by atoms with Gasteiger partial charge in [0.2, 0.25) is 5.88 Å². The second-order valence-corrected chi connectivity index (χ2v) is 5.40. The van der Waals surface area contributed by atoms with Crippen molar-refractivity contribution >= 4 is 22.5 Å². The van der Waals surface area contributed by atoms with Gasteiger partial charge in [-0.25, -0.2) is 0 Å². The third kappa shape index (κ3) is 2.99. The number of carbonyl (C=O) groups excluding carboxylic acids is 1. The first-order valence-corrected chi connectivity index (χ1v) is 7.49. The van der Waals surface area contributed by atoms with Crippen molar-refractivity contribution in [3.05, 3.63) is 54.1 Å². The lowest BCUT2D eigenvalue weighted by Gasteiger charge is -2.07. The van der Waals surface area contributed by atoms with Crippen molar-refractivity contribution < 1.29 is 14.6 Å². The summed E-state index contributed by atoms with van der Waals surface area (Å²) < 4.78 is 5.10. The Bertz CT molecular complexity index is 898. The van der Waals surface area contributed by atoms with Crippen molar-refractivity contribution in [2.75, 3.05) is 7.11 Å². The third-order valence-electron chi connectivity index (χ3n) is 3.89. The molecule has 1 unspecified atom stereocenters. The van der Waals surface area contributed by atoms with E-state index in [1.54, 1.807) is 32.2 Å². The van der Waals surface area contributed by atoms with Crippen LogP contribution in [0.4, 0.5) is 5.69 Å². The molecular weight excluding hydrogens is 306 g/mol. The lowest BCUT2D eigenvalue weighted by molar-refractivity contribution is -0.119. The summed E-state index contributed by atoms with van der Waals surface area (Å²) in [6, 6.07) is 14.5. The molecule has 122 valence electrons. The summed E-state index contributed by atoms with van der Waals surface area (Å²) in [5.74, 6) is -0.203. The Balaban J connectivity index is 1.82. The molecule has 6 heteroatoms. The number of rotatable bonds is 4. The predicted octanol–water partition coefficient (Wildman–Crippen LogP) is 4.30. The molecule has 0 aliphatic heterocycles. The molecule has 0 aliphatic rings. The lowest BCUT2D eigenvalue weighted by atomic mass is 10.0. The number of benzene rings is 2. The second-order valence-electron chi connectivity index (χ2n) is 5.40. The molecule has 24 heavy (non-hydrogen) atoms. The minimum atomic E-state index is -0.438. The number of ether oxygens (including phenoxy) is 1. The van der Waals surface area contributed by atoms with E-state index in [9.17, 15) is 9.90 Å². The molecule has 3 aromatic rings. The number of aromatic nitrogens is 1. The molecule has 0 radical (unpaired) electrons. The van der Waals surface area contributed by atoms with Gasteiger partial charge in [0.05, 0.1) is 18.5 Å². The third-order valence-corrected chi connectivity index (χ3v) is 3.89. The number of H-pyrrole nitrogens is 1. The standard InChI is InChI=1S/C18H17N3O3/c1-11(12-7-9-13(24-2)10-8-12)17(22)21-20-16-14-5-3-4-6-15(14)19-18(16)23/h3-11,19,23H,1-2H3. The van der Waals surface area contributed by atoms with Gasteiger partial charge in [0.1, 0.15) is 5.75 Å². The zero-order valence-electron chi connectivity index (χ0n) is 13.4. The van der Waals surface area contributed by atoms with Crippen LogP contribution in [0.2, 0.25) is 0 Å². The van der Waals surface area contributed by atoms with E-state index in [-0.39, 0.29) is 17.5 Å². The molecule has 0 saturated carbocycles. The average molecular weight is 323 g/mol. The number of aromatic amines is 1. The van der Waals surface area contributed by atoms with E-state index in [2.05, 4.69) is 15.2 Å². The van der Waals surface area contributed by atoms with Crippen molar-refractivity contribution in [1.82, 2.24) is 4.98 Å². The molecule has 6 nitrogen and oxygen atoms in total. The van der Waals surface area contributed by atoms with Crippen LogP contribution in [-0.4, -0.2) is 23.1 Å². The van der Waals surface area contributed by atoms with Crippen LogP contribution in [0, 0.1) is 0 Å². The fraction of sp³-hybridized carbons (Fsp3) is 0.167. The van der Waals surface area contributed by atoms with Gasteiger partial charge in [-0.15, -0.1) is 10.2 Å². The molecule has 3 rings (SSSR count). The van der Waals surface area contributed by atoms with E-state index < -0.39 is 5.92 Å². The van der Waals surface area contributed by atoms with Gasteiger partial charge in [0, 0.05) is 5.39 Å². The Morgan fingerprint density at radius 1 is 1.17 bits per heavy atom. The molecule has 2 aromatic carbocycles. The van der Waals surface area contributed by atoms with Crippen molar-refractivity contribution in [3.8, 4) is 11.6 Å². The maximum atomic E-state index is 12.3. The van der Waals surface area contributed by atoms with E-state index in [1.165, 1.54) is 0 Å². The van der Waals surface area contributed by atoms with Crippen LogP contribution in [0.1, 0.15) is 18.4 Å². The number of nitrogens with one attached hydrogen (secondary N) is 1. The Hall–Kier alpha value is -3.15. The molecule has 0 aliphatic carbocycles. The highest BCUT2D eigenvalue weighted by Crippen LogP contribution is 2.35. The number of amides is 1. The molecule has 1 atom stereocenters. The van der Waals surface area contributed by atoms with Crippen molar-refractivity contribution in [1.29, 1.82) is 0 Å². The maximum absolute atomic E-state index is 12.3. The predicted molar refractivity (Wildman–Crippen MR) is 90.9 cm³/mol. The van der Waals surface area contributed by atoms with Crippen LogP contribution in [0.5, 0.6) is 11.6 Å². The number of methoxy groups -OCH3 is 1. The molecule has 1 amide bonds. The fourth-order valence-electron chi connectivity index (χ4n) is 2.44. The minimum absolute atomic E-state index is 0.107. The number of azo groups is 1. The zero-order valence-corrected chi connectivity index (χ0v) is 13.4. The van der Waals surface area contributed by atoms with Gasteiger partial charge >= 0.3 is 0 Å². The summed E-state index contributed by atoms with van der Waals surface area (Å²) in [5, 5.41) is 18.4. The monoisotopic (exact) mass is 323 g/mol. The van der Waals surface area contributed by atoms with Gasteiger partial charge in [-0.2, -0.15) is 0 Å². The van der Waals surface area contributed by atoms with E-state index in [0.29, 0.717) is 5.39 Å². The number of hydrogen-bond acceptors (Lipinski definition) is 4. The maximum Gasteiger partial charge on any atom is 0.271 e. The van der Waals surface area contributed by atoms with Crippen molar-refractivity contribution in [2.24, 2.45) is 10.2 Å². The van der Waals surface area contributed by atoms with Crippen LogP contribution in [-0.2, 0) is 4.79 Å². The summed E-state index contributed by atoms with van der Waals surface area (Å²) >= 11 is 0. The molecule has 0 bridgehead atoms. The Labute approximate surface area is 138 Å². The van der Waals surface area contributed by atoms with E-state index in [0.717, 1.165) is 16.8 Å². The molecule has 2 N–H and O–H groups in total. The highest BCUT2D eigenvalue weighted by Gasteiger charge is 2.16. The smallest absolute Gasteiger partial charge is 0.271 e. The summed E-state index contributed by atoms with van der Waals surface area (Å²) in [7, 11) is 1.59. The number of aromatic hydroxyl groups is 1. The van der Waals surface area contributed by atoms with Crippen LogP contribution < -0.4 is 4.74 Å². The molecule has 0 spiro atoms. The molecule has 1 aromatic heterocycles. The SMILES string of the molecule is COc1ccc(C(C)C(=O)N=Nc2c(O)[nH]c3ccccc23)cc1. The van der Waals surface area contributed by atoms with Gasteiger partial charge in [-0.3, -0.25) is 4.79 Å². The molecule has 1 heterocycles. The first-order chi connectivity index (χ1) is 11.6. The van der Waals surface area contributed by atoms with Crippen LogP contribution in [0.15, 0.2) is 58.8 Å². The highest BCUT2D eigenvalue weighted by atomic mass is 16.5. The summed E-state index contributed by atoms with van der Waals surface area (Å²) in [6.45, 7) is 1.76. The van der Waals surface area contributed by atoms with Crippen molar-refractivity contribution in [3.63, 3.8) is 0 Å². The average Bonchev–Trinajstić information content (AvgIpc) is 2.94. The zero-order chi connectivity index (χ0) is 17.1. The lowest BCUT2D eigenvalue weighted by Crippen LogP contribution is -2.05. The topological polar surface area (TPSA) is 87.0 Å². The number of para-hydroxylation sites is 1. The second kappa shape index (κ2) is 6.54. The van der Waals surface area contributed by atoms with E-state index >= 15 is 0 Å². The quantitative estimate of drug-likeness (QED) is 0.702. The summed E-state index contributed by atoms with van der Waals surface area (Å²) in [6.07, 6.45) is 0. The van der Waals surface area contributed by atoms with Gasteiger partial charge < -0.3 is 14.8 Å². The van der Waals surface area contributed by atoms with Gasteiger partial charge in [-0.05, 0) is 30.7 Å². The first-order valence-electron chi connectivity index (χ1n) is 7.49. The normalized spacial score (nSPS) is 12.6. The first kappa shape index (κ1) is 15.7. The minimum Gasteiger partial charge on any atom is -0.497 e. The van der Waals surface area contributed by atoms with Gasteiger partial charge in [0.25, 0.3) is 5.91 Å². The van der Waals surface area contributed by atoms with Crippen LogP contribution in [0.25, 0.3) is 10.9 Å². The number of carbonyl (C=O) groups is 1. The number of fused-ring (bicyclic) bond motifs is 1. The fourth-order valence-corrected chi connectivity index (χ4v) is 2.44. The van der Waals surface area contributed by atoms with Crippen molar-refractivity contribution in [2.45, 2.75) is 12.8 Å². The van der Waals surface area contributed by atoms with Gasteiger partial charge in [0.15, 0.2) is 5.69 Å². The summed E-state index contributed by atoms with van der Waals surface area (Å²) in [4.78, 5) is 15.1. The Morgan fingerprint density at radius 2 is 1.88 bits per heavy atom. The molecule has 0 saturated heterocycles. The molecular formula is C18H17N3O3. The van der Waals surface area contributed by atoms with Crippen LogP contribution in [0.3, 0.4) is 0 Å². The Kier molecular flexibility index (Phi) is 4.29. The molecule has 0 fully saturated rings. The number of hydrogen-bond donors (Lipinski definition) is 2. The Morgan fingerprint density at radius 3 is 2.58 bits per heavy atom.